The Labute approximate surface area is 194 Å². The largest absolute Gasteiger partial charge is 0.381 e. The van der Waals surface area contributed by atoms with Crippen molar-refractivity contribution in [3.05, 3.63) is 0 Å². The molecule has 0 radical (unpaired) electrons. The van der Waals surface area contributed by atoms with Gasteiger partial charge in [0.1, 0.15) is 0 Å². The molecule has 0 spiro atoms. The molecule has 0 aromatic rings. The second kappa shape index (κ2) is 14.2. The van der Waals surface area contributed by atoms with Gasteiger partial charge in [-0.05, 0) is 93.9 Å². The Morgan fingerprint density at radius 1 is 0.710 bits per heavy atom. The van der Waals surface area contributed by atoms with Gasteiger partial charge >= 0.3 is 0 Å². The number of nitrogens with one attached hydrogen (secondary N) is 1. The SMILES string of the molecule is CCNC(C)C1CC(C)CCC(CC2CC(C)CCC(C)CC(OC)C2)CC(OC)C1. The molecular weight excluding hydrogens is 382 g/mol. The standard InChI is InChI=1S/C28H55NO2/c1-8-29-23(5)26-14-21(3)11-12-24(17-28(19-26)31-7)16-25-13-20(2)9-10-22(4)15-27(18-25)30-6/h20-29H,8-19H2,1-7H3. The highest BCUT2D eigenvalue weighted by Gasteiger charge is 2.31. The van der Waals surface area contributed by atoms with E-state index in [1.54, 1.807) is 0 Å². The third kappa shape index (κ3) is 9.72. The second-order valence-electron chi connectivity index (χ2n) is 11.7. The normalized spacial score (nSPS) is 40.0. The number of hydrogen-bond acceptors (Lipinski definition) is 3. The second-order valence-corrected chi connectivity index (χ2v) is 11.7. The van der Waals surface area contributed by atoms with Gasteiger partial charge in [-0.1, -0.05) is 53.4 Å². The molecule has 0 aromatic carbocycles. The highest BCUT2D eigenvalue weighted by Crippen LogP contribution is 2.38. The van der Waals surface area contributed by atoms with Crippen LogP contribution in [0.1, 0.15) is 105 Å². The van der Waals surface area contributed by atoms with Gasteiger partial charge in [0.25, 0.3) is 0 Å². The Morgan fingerprint density at radius 2 is 1.26 bits per heavy atom. The predicted octanol–water partition coefficient (Wildman–Crippen LogP) is 7.09. The molecule has 1 N–H and O–H groups in total. The zero-order valence-electron chi connectivity index (χ0n) is 22.0. The van der Waals surface area contributed by atoms with Crippen LogP contribution in [0.5, 0.6) is 0 Å². The van der Waals surface area contributed by atoms with Gasteiger partial charge in [-0.25, -0.2) is 0 Å². The molecule has 0 heterocycles. The van der Waals surface area contributed by atoms with Crippen LogP contribution in [0.15, 0.2) is 0 Å². The smallest absolute Gasteiger partial charge is 0.0577 e. The van der Waals surface area contributed by atoms with Crippen molar-refractivity contribution in [1.29, 1.82) is 0 Å². The van der Waals surface area contributed by atoms with Gasteiger partial charge in [-0.15, -0.1) is 0 Å². The summed E-state index contributed by atoms with van der Waals surface area (Å²) in [6.45, 7) is 13.1. The van der Waals surface area contributed by atoms with Crippen molar-refractivity contribution >= 4 is 0 Å². The summed E-state index contributed by atoms with van der Waals surface area (Å²) in [5.74, 6) is 4.79. The van der Waals surface area contributed by atoms with E-state index >= 15 is 0 Å². The first-order valence-electron chi connectivity index (χ1n) is 13.6. The summed E-state index contributed by atoms with van der Waals surface area (Å²) in [5, 5.41) is 3.69. The number of rotatable bonds is 7. The van der Waals surface area contributed by atoms with E-state index < -0.39 is 0 Å². The lowest BCUT2D eigenvalue weighted by Gasteiger charge is -2.31. The van der Waals surface area contributed by atoms with Crippen LogP contribution >= 0.6 is 0 Å². The molecule has 2 aliphatic carbocycles. The fourth-order valence-electron chi connectivity index (χ4n) is 6.72. The first-order valence-corrected chi connectivity index (χ1v) is 13.6. The van der Waals surface area contributed by atoms with E-state index in [1.165, 1.54) is 70.6 Å². The van der Waals surface area contributed by atoms with Gasteiger partial charge < -0.3 is 14.8 Å². The van der Waals surface area contributed by atoms with Crippen LogP contribution < -0.4 is 5.32 Å². The molecule has 0 amide bonds. The van der Waals surface area contributed by atoms with Crippen LogP contribution in [0.4, 0.5) is 0 Å². The van der Waals surface area contributed by atoms with Crippen molar-refractivity contribution in [2.75, 3.05) is 20.8 Å². The summed E-state index contributed by atoms with van der Waals surface area (Å²) in [6, 6.07) is 0.585. The first kappa shape index (κ1) is 27.1. The van der Waals surface area contributed by atoms with Crippen LogP contribution in [0.3, 0.4) is 0 Å². The van der Waals surface area contributed by atoms with Crippen molar-refractivity contribution in [2.45, 2.75) is 123 Å². The summed E-state index contributed by atoms with van der Waals surface area (Å²) in [4.78, 5) is 0. The van der Waals surface area contributed by atoms with E-state index in [0.29, 0.717) is 18.2 Å². The summed E-state index contributed by atoms with van der Waals surface area (Å²) in [7, 11) is 3.88. The average Bonchev–Trinajstić information content (AvgIpc) is 2.85. The van der Waals surface area contributed by atoms with Crippen LogP contribution in [0.25, 0.3) is 0 Å². The van der Waals surface area contributed by atoms with E-state index in [9.17, 15) is 0 Å². The number of methoxy groups -OCH3 is 2. The maximum absolute atomic E-state index is 6.09. The molecule has 0 aliphatic heterocycles. The Morgan fingerprint density at radius 3 is 1.90 bits per heavy atom. The molecule has 31 heavy (non-hydrogen) atoms. The van der Waals surface area contributed by atoms with Gasteiger partial charge in [-0.2, -0.15) is 0 Å². The van der Waals surface area contributed by atoms with E-state index in [-0.39, 0.29) is 0 Å². The van der Waals surface area contributed by atoms with Crippen LogP contribution in [0, 0.1) is 35.5 Å². The van der Waals surface area contributed by atoms with E-state index in [2.05, 4.69) is 39.9 Å². The Kier molecular flexibility index (Phi) is 12.4. The van der Waals surface area contributed by atoms with Gasteiger partial charge in [-0.3, -0.25) is 0 Å². The summed E-state index contributed by atoms with van der Waals surface area (Å²) < 4.78 is 12.0. The molecule has 9 unspecified atom stereocenters. The minimum Gasteiger partial charge on any atom is -0.381 e. The minimum atomic E-state index is 0.411. The maximum Gasteiger partial charge on any atom is 0.0577 e. The molecule has 0 bridgehead atoms. The summed E-state index contributed by atoms with van der Waals surface area (Å²) >= 11 is 0. The molecule has 2 aliphatic rings. The summed E-state index contributed by atoms with van der Waals surface area (Å²) in [6.07, 6.45) is 15.4. The molecule has 3 nitrogen and oxygen atoms in total. The van der Waals surface area contributed by atoms with E-state index in [1.807, 2.05) is 14.2 Å². The van der Waals surface area contributed by atoms with Crippen LogP contribution in [-0.2, 0) is 9.47 Å². The first-order chi connectivity index (χ1) is 14.8. The van der Waals surface area contributed by atoms with Crippen molar-refractivity contribution in [2.24, 2.45) is 35.5 Å². The predicted molar refractivity (Wildman–Crippen MR) is 133 cm³/mol. The zero-order valence-corrected chi connectivity index (χ0v) is 22.0. The monoisotopic (exact) mass is 437 g/mol. The molecule has 2 saturated carbocycles. The third-order valence-corrected chi connectivity index (χ3v) is 8.65. The molecule has 0 saturated heterocycles. The molecule has 184 valence electrons. The maximum atomic E-state index is 6.09. The number of ether oxygens (including phenoxy) is 2. The van der Waals surface area contributed by atoms with Gasteiger partial charge in [0.15, 0.2) is 0 Å². The van der Waals surface area contributed by atoms with Gasteiger partial charge in [0, 0.05) is 20.3 Å². The highest BCUT2D eigenvalue weighted by molar-refractivity contribution is 4.83. The Hall–Kier alpha value is -0.120. The average molecular weight is 438 g/mol. The summed E-state index contributed by atoms with van der Waals surface area (Å²) in [5.41, 5.74) is 0. The molecule has 2 rings (SSSR count). The van der Waals surface area contributed by atoms with E-state index in [4.69, 9.17) is 9.47 Å². The van der Waals surface area contributed by atoms with Gasteiger partial charge in [0.2, 0.25) is 0 Å². The van der Waals surface area contributed by atoms with Crippen molar-refractivity contribution in [3.8, 4) is 0 Å². The lowest BCUT2D eigenvalue weighted by molar-refractivity contribution is 0.0413. The lowest BCUT2D eigenvalue weighted by Crippen LogP contribution is -2.36. The molecular formula is C28H55NO2. The zero-order chi connectivity index (χ0) is 22.8. The molecule has 9 atom stereocenters. The topological polar surface area (TPSA) is 30.5 Å². The molecule has 3 heteroatoms. The Balaban J connectivity index is 2.07. The fourth-order valence-corrected chi connectivity index (χ4v) is 6.72. The van der Waals surface area contributed by atoms with Gasteiger partial charge in [0.05, 0.1) is 12.2 Å². The molecule has 2 fully saturated rings. The van der Waals surface area contributed by atoms with Crippen molar-refractivity contribution < 1.29 is 9.47 Å². The van der Waals surface area contributed by atoms with Crippen molar-refractivity contribution in [3.63, 3.8) is 0 Å². The quantitative estimate of drug-likeness (QED) is 0.461. The third-order valence-electron chi connectivity index (χ3n) is 8.65. The minimum absolute atomic E-state index is 0.411. The Bertz CT molecular complexity index is 470. The van der Waals surface area contributed by atoms with Crippen LogP contribution in [-0.4, -0.2) is 39.0 Å². The van der Waals surface area contributed by atoms with Crippen molar-refractivity contribution in [1.82, 2.24) is 5.32 Å². The van der Waals surface area contributed by atoms with Crippen LogP contribution in [0.2, 0.25) is 0 Å². The molecule has 0 aromatic heterocycles. The highest BCUT2D eigenvalue weighted by atomic mass is 16.5. The fraction of sp³-hybridized carbons (Fsp3) is 1.00. The number of hydrogen-bond donors (Lipinski definition) is 1. The van der Waals surface area contributed by atoms with E-state index in [0.717, 1.165) is 42.1 Å². The lowest BCUT2D eigenvalue weighted by atomic mass is 9.79.